The van der Waals surface area contributed by atoms with Gasteiger partial charge in [-0.15, -0.1) is 11.3 Å². The Morgan fingerprint density at radius 2 is 1.80 bits per heavy atom. The topological polar surface area (TPSA) is 52.7 Å². The van der Waals surface area contributed by atoms with Crippen LogP contribution < -0.4 is 5.32 Å². The van der Waals surface area contributed by atoms with Gasteiger partial charge >= 0.3 is 0 Å². The summed E-state index contributed by atoms with van der Waals surface area (Å²) in [6, 6.07) is 11.4. The molecule has 1 N–H and O–H groups in total. The zero-order chi connectivity index (χ0) is 17.6. The molecule has 2 aromatic rings. The van der Waals surface area contributed by atoms with Crippen LogP contribution in [0.1, 0.15) is 25.6 Å². The zero-order valence-electron chi connectivity index (χ0n) is 14.4. The van der Waals surface area contributed by atoms with Gasteiger partial charge in [0.15, 0.2) is 0 Å². The average Bonchev–Trinajstić information content (AvgIpc) is 3.17. The van der Waals surface area contributed by atoms with Crippen LogP contribution in [0.4, 0.5) is 0 Å². The van der Waals surface area contributed by atoms with Crippen molar-refractivity contribution >= 4 is 23.2 Å². The number of thiophene rings is 1. The number of hydrogen-bond donors (Lipinski definition) is 1. The summed E-state index contributed by atoms with van der Waals surface area (Å²) in [5, 5.41) is 4.85. The van der Waals surface area contributed by atoms with Crippen molar-refractivity contribution in [2.24, 2.45) is 0 Å². The summed E-state index contributed by atoms with van der Waals surface area (Å²) in [5.41, 5.74) is 1.91. The Kier molecular flexibility index (Phi) is 5.83. The molecule has 1 aromatic carbocycles. The third kappa shape index (κ3) is 4.67. The van der Waals surface area contributed by atoms with Crippen LogP contribution in [-0.2, 0) is 0 Å². The van der Waals surface area contributed by atoms with E-state index in [0.717, 1.165) is 48.7 Å². The Labute approximate surface area is 152 Å². The summed E-state index contributed by atoms with van der Waals surface area (Å²) in [5.74, 6) is 0.0915. The van der Waals surface area contributed by atoms with Gasteiger partial charge in [-0.3, -0.25) is 14.5 Å². The number of hydrogen-bond acceptors (Lipinski definition) is 4. The SMILES string of the molecule is Cc1ccc(C(=O)N2CCN(CCNC(=O)c3cccs3)CC2)cc1. The first kappa shape index (κ1) is 17.6. The lowest BCUT2D eigenvalue weighted by atomic mass is 10.1. The molecule has 0 spiro atoms. The van der Waals surface area contributed by atoms with Gasteiger partial charge in [-0.25, -0.2) is 0 Å². The molecule has 0 saturated carbocycles. The Balaban J connectivity index is 1.40. The summed E-state index contributed by atoms with van der Waals surface area (Å²) in [6.07, 6.45) is 0. The molecule has 0 bridgehead atoms. The standard InChI is InChI=1S/C19H23N3O2S/c1-15-4-6-16(7-5-15)19(24)22-12-10-21(11-13-22)9-8-20-18(23)17-3-2-14-25-17/h2-7,14H,8-13H2,1H3,(H,20,23). The monoisotopic (exact) mass is 357 g/mol. The van der Waals surface area contributed by atoms with E-state index >= 15 is 0 Å². The Bertz CT molecular complexity index is 705. The van der Waals surface area contributed by atoms with Gasteiger partial charge in [0, 0.05) is 44.8 Å². The van der Waals surface area contributed by atoms with E-state index in [0.29, 0.717) is 6.54 Å². The van der Waals surface area contributed by atoms with Crippen molar-refractivity contribution in [1.29, 1.82) is 0 Å². The third-order valence-electron chi connectivity index (χ3n) is 4.42. The quantitative estimate of drug-likeness (QED) is 0.893. The average molecular weight is 357 g/mol. The minimum atomic E-state index is -0.0109. The maximum absolute atomic E-state index is 12.5. The van der Waals surface area contributed by atoms with E-state index < -0.39 is 0 Å². The summed E-state index contributed by atoms with van der Waals surface area (Å²) < 4.78 is 0. The van der Waals surface area contributed by atoms with Crippen LogP contribution in [0.3, 0.4) is 0 Å². The number of carbonyl (C=O) groups excluding carboxylic acids is 2. The second-order valence-corrected chi connectivity index (χ2v) is 7.18. The number of aryl methyl sites for hydroxylation is 1. The van der Waals surface area contributed by atoms with Gasteiger partial charge in [-0.05, 0) is 30.5 Å². The van der Waals surface area contributed by atoms with Crippen LogP contribution in [0.15, 0.2) is 41.8 Å². The molecule has 0 radical (unpaired) electrons. The predicted molar refractivity (Wildman–Crippen MR) is 100 cm³/mol. The number of carbonyl (C=O) groups is 2. The molecule has 1 aliphatic heterocycles. The van der Waals surface area contributed by atoms with Crippen LogP contribution in [0.5, 0.6) is 0 Å². The molecule has 1 fully saturated rings. The fourth-order valence-electron chi connectivity index (χ4n) is 2.88. The van der Waals surface area contributed by atoms with Gasteiger partial charge in [-0.2, -0.15) is 0 Å². The van der Waals surface area contributed by atoms with Crippen molar-refractivity contribution in [3.63, 3.8) is 0 Å². The van der Waals surface area contributed by atoms with Crippen LogP contribution in [-0.4, -0.2) is 60.9 Å². The number of nitrogens with one attached hydrogen (secondary N) is 1. The van der Waals surface area contributed by atoms with E-state index in [1.807, 2.05) is 53.6 Å². The Morgan fingerprint density at radius 1 is 1.08 bits per heavy atom. The highest BCUT2D eigenvalue weighted by Gasteiger charge is 2.21. The summed E-state index contributed by atoms with van der Waals surface area (Å²) in [4.78, 5) is 29.3. The van der Waals surface area contributed by atoms with Gasteiger partial charge in [0.05, 0.1) is 4.88 Å². The fourth-order valence-corrected chi connectivity index (χ4v) is 3.52. The fraction of sp³-hybridized carbons (Fsp3) is 0.368. The van der Waals surface area contributed by atoms with Gasteiger partial charge in [0.2, 0.25) is 0 Å². The van der Waals surface area contributed by atoms with Crippen LogP contribution in [0.25, 0.3) is 0 Å². The number of amides is 2. The third-order valence-corrected chi connectivity index (χ3v) is 5.29. The second kappa shape index (κ2) is 8.27. The lowest BCUT2D eigenvalue weighted by Gasteiger charge is -2.34. The van der Waals surface area contributed by atoms with Crippen molar-refractivity contribution in [2.45, 2.75) is 6.92 Å². The maximum Gasteiger partial charge on any atom is 0.261 e. The molecule has 5 nitrogen and oxygen atoms in total. The molecule has 2 heterocycles. The lowest BCUT2D eigenvalue weighted by molar-refractivity contribution is 0.0638. The van der Waals surface area contributed by atoms with E-state index in [-0.39, 0.29) is 11.8 Å². The number of benzene rings is 1. The van der Waals surface area contributed by atoms with E-state index in [9.17, 15) is 9.59 Å². The van der Waals surface area contributed by atoms with Crippen molar-refractivity contribution in [1.82, 2.24) is 15.1 Å². The van der Waals surface area contributed by atoms with E-state index in [1.165, 1.54) is 11.3 Å². The summed E-state index contributed by atoms with van der Waals surface area (Å²) in [6.45, 7) is 6.59. The highest BCUT2D eigenvalue weighted by molar-refractivity contribution is 7.12. The number of nitrogens with zero attached hydrogens (tertiary/aromatic N) is 2. The smallest absolute Gasteiger partial charge is 0.261 e. The molecule has 6 heteroatoms. The second-order valence-electron chi connectivity index (χ2n) is 6.23. The first-order valence-corrected chi connectivity index (χ1v) is 9.41. The predicted octanol–water partition coefficient (Wildman–Crippen LogP) is 2.24. The van der Waals surface area contributed by atoms with E-state index in [2.05, 4.69) is 10.2 Å². The molecular weight excluding hydrogens is 334 g/mol. The van der Waals surface area contributed by atoms with E-state index in [4.69, 9.17) is 0 Å². The highest BCUT2D eigenvalue weighted by atomic mass is 32.1. The van der Waals surface area contributed by atoms with E-state index in [1.54, 1.807) is 0 Å². The van der Waals surface area contributed by atoms with Crippen molar-refractivity contribution < 1.29 is 9.59 Å². The molecule has 3 rings (SSSR count). The molecule has 0 aliphatic carbocycles. The van der Waals surface area contributed by atoms with Crippen LogP contribution in [0, 0.1) is 6.92 Å². The maximum atomic E-state index is 12.5. The summed E-state index contributed by atoms with van der Waals surface area (Å²) in [7, 11) is 0. The zero-order valence-corrected chi connectivity index (χ0v) is 15.2. The van der Waals surface area contributed by atoms with Crippen molar-refractivity contribution in [3.05, 3.63) is 57.8 Å². The van der Waals surface area contributed by atoms with Gasteiger partial charge in [0.1, 0.15) is 0 Å². The summed E-state index contributed by atoms with van der Waals surface area (Å²) >= 11 is 1.45. The van der Waals surface area contributed by atoms with Crippen LogP contribution in [0.2, 0.25) is 0 Å². The Morgan fingerprint density at radius 3 is 2.44 bits per heavy atom. The van der Waals surface area contributed by atoms with Crippen LogP contribution >= 0.6 is 11.3 Å². The molecule has 1 aliphatic rings. The lowest BCUT2D eigenvalue weighted by Crippen LogP contribution is -2.50. The van der Waals surface area contributed by atoms with Gasteiger partial charge < -0.3 is 10.2 Å². The molecule has 2 amide bonds. The first-order valence-electron chi connectivity index (χ1n) is 8.53. The largest absolute Gasteiger partial charge is 0.350 e. The molecule has 0 unspecified atom stereocenters. The Hall–Kier alpha value is -2.18. The first-order chi connectivity index (χ1) is 12.1. The van der Waals surface area contributed by atoms with Gasteiger partial charge in [-0.1, -0.05) is 23.8 Å². The molecule has 25 heavy (non-hydrogen) atoms. The number of piperazine rings is 1. The van der Waals surface area contributed by atoms with Crippen molar-refractivity contribution in [3.8, 4) is 0 Å². The normalized spacial score (nSPS) is 15.2. The highest BCUT2D eigenvalue weighted by Crippen LogP contribution is 2.10. The number of rotatable bonds is 5. The molecule has 132 valence electrons. The molecule has 1 aromatic heterocycles. The minimum Gasteiger partial charge on any atom is -0.350 e. The van der Waals surface area contributed by atoms with Crippen molar-refractivity contribution in [2.75, 3.05) is 39.3 Å². The molecule has 0 atom stereocenters. The minimum absolute atomic E-state index is 0.0109. The van der Waals surface area contributed by atoms with Gasteiger partial charge in [0.25, 0.3) is 11.8 Å². The molecular formula is C19H23N3O2S. The molecule has 1 saturated heterocycles.